The summed E-state index contributed by atoms with van der Waals surface area (Å²) in [4.78, 5) is 11.7. The Balaban J connectivity index is 1.86. The fourth-order valence-corrected chi connectivity index (χ4v) is 1.85. The van der Waals surface area contributed by atoms with E-state index in [0.29, 0.717) is 12.2 Å². The number of hydrogen-bond acceptors (Lipinski definition) is 3. The fourth-order valence-electron chi connectivity index (χ4n) is 1.85. The molecule has 0 atom stereocenters. The molecular weight excluding hydrogens is 252 g/mol. The topological polar surface area (TPSA) is 64.3 Å². The van der Waals surface area contributed by atoms with E-state index in [1.54, 1.807) is 0 Å². The summed E-state index contributed by atoms with van der Waals surface area (Å²) in [5, 5.41) is 2.71. The van der Waals surface area contributed by atoms with Gasteiger partial charge in [-0.05, 0) is 36.2 Å². The molecule has 0 aliphatic carbocycles. The van der Waals surface area contributed by atoms with E-state index in [1.807, 2.05) is 54.6 Å². The van der Waals surface area contributed by atoms with Crippen molar-refractivity contribution in [2.45, 2.75) is 13.0 Å². The second-order valence-corrected chi connectivity index (χ2v) is 4.43. The lowest BCUT2D eigenvalue weighted by molar-refractivity contribution is 0.155. The lowest BCUT2D eigenvalue weighted by Gasteiger charge is -2.08. The summed E-state index contributed by atoms with van der Waals surface area (Å²) in [6, 6.07) is 17.2. The van der Waals surface area contributed by atoms with E-state index in [2.05, 4.69) is 5.32 Å². The van der Waals surface area contributed by atoms with E-state index in [0.717, 1.165) is 17.5 Å². The molecule has 0 saturated carbocycles. The van der Waals surface area contributed by atoms with Crippen LogP contribution in [0.25, 0.3) is 0 Å². The summed E-state index contributed by atoms with van der Waals surface area (Å²) in [5.41, 5.74) is 8.28. The van der Waals surface area contributed by atoms with Crippen LogP contribution in [-0.4, -0.2) is 12.6 Å². The van der Waals surface area contributed by atoms with Gasteiger partial charge in [0.2, 0.25) is 0 Å². The molecule has 0 unspecified atom stereocenters. The summed E-state index contributed by atoms with van der Waals surface area (Å²) >= 11 is 0. The van der Waals surface area contributed by atoms with Crippen LogP contribution < -0.4 is 11.1 Å². The van der Waals surface area contributed by atoms with Gasteiger partial charge in [0.15, 0.2) is 0 Å². The summed E-state index contributed by atoms with van der Waals surface area (Å²) in [7, 11) is 0. The van der Waals surface area contributed by atoms with Gasteiger partial charge in [-0.25, -0.2) is 4.79 Å². The average molecular weight is 270 g/mol. The molecule has 2 rings (SSSR count). The van der Waals surface area contributed by atoms with Gasteiger partial charge in [-0.15, -0.1) is 0 Å². The van der Waals surface area contributed by atoms with E-state index in [4.69, 9.17) is 10.5 Å². The highest BCUT2D eigenvalue weighted by Gasteiger charge is 2.04. The van der Waals surface area contributed by atoms with Crippen LogP contribution in [0.4, 0.5) is 10.5 Å². The second-order valence-electron chi connectivity index (χ2n) is 4.43. The zero-order chi connectivity index (χ0) is 14.2. The van der Waals surface area contributed by atoms with Crippen molar-refractivity contribution in [3.05, 3.63) is 65.7 Å². The van der Waals surface area contributed by atoms with Gasteiger partial charge in [0.05, 0.1) is 0 Å². The van der Waals surface area contributed by atoms with Crippen molar-refractivity contribution in [1.29, 1.82) is 0 Å². The Morgan fingerprint density at radius 1 is 1.05 bits per heavy atom. The predicted octanol–water partition coefficient (Wildman–Crippen LogP) is 2.94. The number of ether oxygens (including phenoxy) is 1. The van der Waals surface area contributed by atoms with Gasteiger partial charge < -0.3 is 10.5 Å². The Kier molecular flexibility index (Phi) is 5.15. The lowest BCUT2D eigenvalue weighted by atomic mass is 10.1. The molecule has 4 heteroatoms. The van der Waals surface area contributed by atoms with Crippen molar-refractivity contribution in [2.75, 3.05) is 11.9 Å². The third-order valence-electron chi connectivity index (χ3n) is 2.82. The van der Waals surface area contributed by atoms with Crippen LogP contribution in [-0.2, 0) is 17.8 Å². The maximum atomic E-state index is 11.7. The van der Waals surface area contributed by atoms with Gasteiger partial charge in [-0.2, -0.15) is 0 Å². The molecule has 0 aromatic heterocycles. The molecule has 1 amide bonds. The SMILES string of the molecule is NCCc1cccc(NC(=O)OCc2ccccc2)c1. The normalized spacial score (nSPS) is 10.1. The molecule has 0 aliphatic heterocycles. The molecule has 0 heterocycles. The van der Waals surface area contributed by atoms with E-state index >= 15 is 0 Å². The van der Waals surface area contributed by atoms with Crippen molar-refractivity contribution < 1.29 is 9.53 Å². The number of rotatable bonds is 5. The molecule has 0 fully saturated rings. The summed E-state index contributed by atoms with van der Waals surface area (Å²) in [6.07, 6.45) is 0.327. The van der Waals surface area contributed by atoms with Crippen LogP contribution in [0, 0.1) is 0 Å². The van der Waals surface area contributed by atoms with Gasteiger partial charge in [0.25, 0.3) is 0 Å². The molecule has 0 bridgehead atoms. The van der Waals surface area contributed by atoms with Gasteiger partial charge in [-0.1, -0.05) is 42.5 Å². The number of carbonyl (C=O) groups is 1. The van der Waals surface area contributed by atoms with Crippen LogP contribution in [0.15, 0.2) is 54.6 Å². The molecule has 0 aliphatic rings. The Bertz CT molecular complexity index is 555. The lowest BCUT2D eigenvalue weighted by Crippen LogP contribution is -2.13. The van der Waals surface area contributed by atoms with Gasteiger partial charge in [0.1, 0.15) is 6.61 Å². The number of anilines is 1. The molecule has 3 N–H and O–H groups in total. The van der Waals surface area contributed by atoms with Crippen LogP contribution in [0.2, 0.25) is 0 Å². The zero-order valence-electron chi connectivity index (χ0n) is 11.2. The fraction of sp³-hybridized carbons (Fsp3) is 0.188. The van der Waals surface area contributed by atoms with Crippen LogP contribution >= 0.6 is 0 Å². The van der Waals surface area contributed by atoms with Crippen molar-refractivity contribution in [3.8, 4) is 0 Å². The van der Waals surface area contributed by atoms with Crippen molar-refractivity contribution in [1.82, 2.24) is 0 Å². The number of nitrogens with two attached hydrogens (primary N) is 1. The van der Waals surface area contributed by atoms with E-state index < -0.39 is 6.09 Å². The standard InChI is InChI=1S/C16H18N2O2/c17-10-9-13-7-4-8-15(11-13)18-16(19)20-12-14-5-2-1-3-6-14/h1-8,11H,9-10,12,17H2,(H,18,19). The number of amides is 1. The monoisotopic (exact) mass is 270 g/mol. The maximum Gasteiger partial charge on any atom is 0.411 e. The minimum Gasteiger partial charge on any atom is -0.444 e. The molecule has 104 valence electrons. The first-order valence-corrected chi connectivity index (χ1v) is 6.54. The second kappa shape index (κ2) is 7.31. The van der Waals surface area contributed by atoms with Crippen molar-refractivity contribution in [3.63, 3.8) is 0 Å². The third-order valence-corrected chi connectivity index (χ3v) is 2.82. The Morgan fingerprint density at radius 3 is 2.55 bits per heavy atom. The summed E-state index contributed by atoms with van der Waals surface area (Å²) < 4.78 is 5.16. The molecule has 2 aromatic carbocycles. The number of benzene rings is 2. The van der Waals surface area contributed by atoms with Crippen LogP contribution in [0.5, 0.6) is 0 Å². The first-order chi connectivity index (χ1) is 9.78. The zero-order valence-corrected chi connectivity index (χ0v) is 11.2. The molecule has 4 nitrogen and oxygen atoms in total. The maximum absolute atomic E-state index is 11.7. The van der Waals surface area contributed by atoms with E-state index in [9.17, 15) is 4.79 Å². The Morgan fingerprint density at radius 2 is 1.80 bits per heavy atom. The molecule has 0 saturated heterocycles. The number of nitrogens with one attached hydrogen (secondary N) is 1. The Hall–Kier alpha value is -2.33. The highest BCUT2D eigenvalue weighted by atomic mass is 16.5. The highest BCUT2D eigenvalue weighted by molar-refractivity contribution is 5.84. The van der Waals surface area contributed by atoms with E-state index in [1.165, 1.54) is 0 Å². The first kappa shape index (κ1) is 14.1. The smallest absolute Gasteiger partial charge is 0.411 e. The van der Waals surface area contributed by atoms with Crippen molar-refractivity contribution in [2.24, 2.45) is 5.73 Å². The number of hydrogen-bond donors (Lipinski definition) is 2. The quantitative estimate of drug-likeness (QED) is 0.878. The molecule has 2 aromatic rings. The predicted molar refractivity (Wildman–Crippen MR) is 79.5 cm³/mol. The Labute approximate surface area is 118 Å². The molecule has 0 spiro atoms. The van der Waals surface area contributed by atoms with Gasteiger partial charge >= 0.3 is 6.09 Å². The van der Waals surface area contributed by atoms with Gasteiger partial charge in [-0.3, -0.25) is 5.32 Å². The molecule has 20 heavy (non-hydrogen) atoms. The summed E-state index contributed by atoms with van der Waals surface area (Å²) in [5.74, 6) is 0. The third kappa shape index (κ3) is 4.40. The van der Waals surface area contributed by atoms with E-state index in [-0.39, 0.29) is 6.61 Å². The van der Waals surface area contributed by atoms with Crippen LogP contribution in [0.3, 0.4) is 0 Å². The highest BCUT2D eigenvalue weighted by Crippen LogP contribution is 2.11. The largest absolute Gasteiger partial charge is 0.444 e. The number of carbonyl (C=O) groups excluding carboxylic acids is 1. The molecular formula is C16H18N2O2. The summed E-state index contributed by atoms with van der Waals surface area (Å²) in [6.45, 7) is 0.844. The first-order valence-electron chi connectivity index (χ1n) is 6.54. The minimum absolute atomic E-state index is 0.259. The van der Waals surface area contributed by atoms with Gasteiger partial charge in [0, 0.05) is 5.69 Å². The molecule has 0 radical (unpaired) electrons. The van der Waals surface area contributed by atoms with Crippen LogP contribution in [0.1, 0.15) is 11.1 Å². The minimum atomic E-state index is -0.459. The average Bonchev–Trinajstić information content (AvgIpc) is 2.47. The van der Waals surface area contributed by atoms with Crippen molar-refractivity contribution >= 4 is 11.8 Å².